The topological polar surface area (TPSA) is 133 Å². The fraction of sp³-hybridized carbons (Fsp3) is 0.421. The molecule has 4 N–H and O–H groups in total. The van der Waals surface area contributed by atoms with Crippen molar-refractivity contribution >= 4 is 41.9 Å². The van der Waals surface area contributed by atoms with E-state index in [1.165, 1.54) is 90.4 Å². The summed E-state index contributed by atoms with van der Waals surface area (Å²) in [6.45, 7) is 8.42. The Balaban J connectivity index is 0.000000288. The summed E-state index contributed by atoms with van der Waals surface area (Å²) < 4.78 is 4.27. The fourth-order valence-corrected chi connectivity index (χ4v) is 10.4. The molecule has 0 bridgehead atoms. The van der Waals surface area contributed by atoms with E-state index in [-0.39, 0.29) is 5.92 Å². The molecule has 48 heavy (non-hydrogen) atoms. The number of nitrogens with zero attached hydrogens (tertiary/aromatic N) is 2. The number of rotatable bonds is 7. The van der Waals surface area contributed by atoms with Gasteiger partial charge in [0.2, 0.25) is 0 Å². The second-order valence-electron chi connectivity index (χ2n) is 14.6. The number of carboxylic acids is 1. The number of nitrogens with one attached hydrogen (secondary N) is 3. The number of fused-ring (bicyclic) bond motifs is 3. The third-order valence-electron chi connectivity index (χ3n) is 10.1. The number of H-pyrrole nitrogens is 2. The molecule has 2 aliphatic rings. The van der Waals surface area contributed by atoms with E-state index in [1.54, 1.807) is 13.8 Å². The average Bonchev–Trinajstić information content (AvgIpc) is 3.90. The van der Waals surface area contributed by atoms with Crippen LogP contribution in [0.1, 0.15) is 69.4 Å². The summed E-state index contributed by atoms with van der Waals surface area (Å²) in [5.41, 5.74) is 7.07. The first-order chi connectivity index (χ1) is 23.0. The van der Waals surface area contributed by atoms with Crippen molar-refractivity contribution in [2.24, 2.45) is 5.92 Å². The van der Waals surface area contributed by atoms with E-state index in [4.69, 9.17) is 15.1 Å². The van der Waals surface area contributed by atoms with Crippen molar-refractivity contribution in [1.29, 1.82) is 0 Å². The molecule has 0 unspecified atom stereocenters. The first-order valence-electron chi connectivity index (χ1n) is 17.2. The Morgan fingerprint density at radius 1 is 0.917 bits per heavy atom. The number of aromatic amines is 2. The van der Waals surface area contributed by atoms with E-state index in [9.17, 15) is 9.59 Å². The lowest BCUT2D eigenvalue weighted by atomic mass is 9.99. The van der Waals surface area contributed by atoms with Crippen molar-refractivity contribution in [3.05, 3.63) is 72.4 Å². The number of methoxy groups -OCH3 is 1. The number of aromatic nitrogens is 4. The third-order valence-corrected chi connectivity index (χ3v) is 13.3. The van der Waals surface area contributed by atoms with Gasteiger partial charge in [-0.15, -0.1) is 0 Å². The molecule has 252 valence electrons. The van der Waals surface area contributed by atoms with Crippen LogP contribution in [0.15, 0.2) is 60.8 Å². The quantitative estimate of drug-likeness (QED) is 0.128. The Kier molecular flexibility index (Phi) is 9.73. The molecule has 1 aliphatic carbocycles. The van der Waals surface area contributed by atoms with E-state index < -0.39 is 26.2 Å². The largest absolute Gasteiger partial charge is 0.480 e. The molecule has 9 nitrogen and oxygen atoms in total. The van der Waals surface area contributed by atoms with E-state index in [2.05, 4.69) is 87.7 Å². The zero-order valence-corrected chi connectivity index (χ0v) is 29.6. The van der Waals surface area contributed by atoms with Crippen molar-refractivity contribution in [3.63, 3.8) is 0 Å². The van der Waals surface area contributed by atoms with Gasteiger partial charge in [0.25, 0.3) is 0 Å². The number of hydrogen-bond acceptors (Lipinski definition) is 5. The Morgan fingerprint density at radius 3 is 2.27 bits per heavy atom. The van der Waals surface area contributed by atoms with Crippen molar-refractivity contribution < 1.29 is 19.4 Å². The van der Waals surface area contributed by atoms with Crippen LogP contribution in [0.25, 0.3) is 44.2 Å². The normalized spacial score (nSPS) is 18.2. The molecule has 2 atom stereocenters. The number of hydrogen-bond donors (Lipinski definition) is 4. The van der Waals surface area contributed by atoms with E-state index in [0.717, 1.165) is 16.7 Å². The zero-order chi connectivity index (χ0) is 34.0. The highest BCUT2D eigenvalue weighted by atomic mass is 28.3. The second-order valence-corrected chi connectivity index (χ2v) is 19.8. The SMILES string of the molecule is COC(=O)N[C@H](C(=O)O)C(C)C.C[Si]1(C)CC[C@H](c2ncc(-c3ccc(-c4ccc5c(ccc6[nH]c(C7CCCC7)nc65)c4)cc3)[nH]2)C1. The number of aliphatic carboxylic acids is 1. The van der Waals surface area contributed by atoms with E-state index in [0.29, 0.717) is 11.8 Å². The van der Waals surface area contributed by atoms with Crippen LogP contribution in [0.4, 0.5) is 4.79 Å². The standard InChI is InChI=1S/C31H34N4Si.C7H13NO4/c1-36(2)16-15-25(19-36)30-32-18-28(34-30)21-9-7-20(8-10-21)23-11-13-26-24(17-23)12-14-27-29(26)35-31(33-27)22-5-3-4-6-22;1-4(2)5(6(9)10)8-7(11)12-3/h7-14,17-18,22,25H,3-6,15-16,19H2,1-2H3,(H,32,34)(H,33,35);4-5H,1-3H3,(H,8,11)(H,9,10)/t25-;5-/m00/s1. The zero-order valence-electron chi connectivity index (χ0n) is 28.6. The van der Waals surface area contributed by atoms with Crippen LogP contribution >= 0.6 is 0 Å². The lowest BCUT2D eigenvalue weighted by Crippen LogP contribution is -2.44. The molecule has 1 saturated carbocycles. The highest BCUT2D eigenvalue weighted by Gasteiger charge is 2.34. The number of alkyl carbamates (subject to hydrolysis) is 1. The molecule has 10 heteroatoms. The molecule has 7 rings (SSSR count). The number of carbonyl (C=O) groups is 2. The van der Waals surface area contributed by atoms with Crippen molar-refractivity contribution in [3.8, 4) is 22.4 Å². The highest BCUT2D eigenvalue weighted by Crippen LogP contribution is 2.41. The molecule has 3 heterocycles. The molecule has 2 aromatic heterocycles. The first-order valence-corrected chi connectivity index (χ1v) is 20.6. The van der Waals surface area contributed by atoms with Crippen LogP contribution in [0.2, 0.25) is 25.2 Å². The van der Waals surface area contributed by atoms with E-state index >= 15 is 0 Å². The Bertz CT molecular complexity index is 1910. The fourth-order valence-electron chi connectivity index (χ4n) is 7.30. The van der Waals surface area contributed by atoms with Gasteiger partial charge in [0.05, 0.1) is 30.0 Å². The lowest BCUT2D eigenvalue weighted by molar-refractivity contribution is -0.140. The van der Waals surface area contributed by atoms with Crippen molar-refractivity contribution in [1.82, 2.24) is 25.3 Å². The molecular formula is C38H47N5O4Si. The number of carbonyl (C=O) groups excluding carboxylic acids is 1. The predicted octanol–water partition coefficient (Wildman–Crippen LogP) is 9.08. The van der Waals surface area contributed by atoms with Gasteiger partial charge in [-0.1, -0.05) is 88.3 Å². The molecule has 0 spiro atoms. The molecule has 0 radical (unpaired) electrons. The summed E-state index contributed by atoms with van der Waals surface area (Å²) in [6, 6.07) is 22.0. The van der Waals surface area contributed by atoms with Gasteiger partial charge in [0.15, 0.2) is 0 Å². The number of imidazole rings is 2. The minimum absolute atomic E-state index is 0.165. The lowest BCUT2D eigenvalue weighted by Gasteiger charge is -2.16. The van der Waals surface area contributed by atoms with Gasteiger partial charge in [0, 0.05) is 25.3 Å². The Morgan fingerprint density at radius 2 is 1.62 bits per heavy atom. The Hall–Kier alpha value is -4.44. The summed E-state index contributed by atoms with van der Waals surface area (Å²) >= 11 is 0. The van der Waals surface area contributed by atoms with Gasteiger partial charge in [-0.25, -0.2) is 19.6 Å². The summed E-state index contributed by atoms with van der Waals surface area (Å²) in [7, 11) is 0.182. The number of benzene rings is 3. The highest BCUT2D eigenvalue weighted by molar-refractivity contribution is 6.78. The predicted molar refractivity (Wildman–Crippen MR) is 194 cm³/mol. The molecule has 1 amide bonds. The first kappa shape index (κ1) is 33.5. The molecule has 3 aromatic carbocycles. The Labute approximate surface area is 282 Å². The average molecular weight is 666 g/mol. The molecule has 2 fully saturated rings. The summed E-state index contributed by atoms with van der Waals surface area (Å²) in [5, 5.41) is 13.3. The summed E-state index contributed by atoms with van der Waals surface area (Å²) in [5.74, 6) is 2.35. The second kappa shape index (κ2) is 14.0. The van der Waals surface area contributed by atoms with Gasteiger partial charge >= 0.3 is 12.1 Å². The van der Waals surface area contributed by atoms with Crippen LogP contribution in [-0.2, 0) is 9.53 Å². The molecular weight excluding hydrogens is 619 g/mol. The monoisotopic (exact) mass is 665 g/mol. The minimum atomic E-state index is -1.06. The third kappa shape index (κ3) is 7.33. The summed E-state index contributed by atoms with van der Waals surface area (Å²) in [4.78, 5) is 38.2. The van der Waals surface area contributed by atoms with Crippen LogP contribution in [0.3, 0.4) is 0 Å². The number of carboxylic acid groups (broad SMARTS) is 1. The van der Waals surface area contributed by atoms with Gasteiger partial charge in [-0.2, -0.15) is 0 Å². The maximum absolute atomic E-state index is 10.6. The number of ether oxygens (including phenoxy) is 1. The van der Waals surface area contributed by atoms with Crippen LogP contribution in [0.5, 0.6) is 0 Å². The smallest absolute Gasteiger partial charge is 0.407 e. The maximum Gasteiger partial charge on any atom is 0.407 e. The summed E-state index contributed by atoms with van der Waals surface area (Å²) in [6.07, 6.45) is 7.76. The molecule has 1 saturated heterocycles. The van der Waals surface area contributed by atoms with Crippen molar-refractivity contribution in [2.45, 2.75) is 89.0 Å². The van der Waals surface area contributed by atoms with Crippen LogP contribution in [0, 0.1) is 5.92 Å². The maximum atomic E-state index is 10.6. The van der Waals surface area contributed by atoms with Gasteiger partial charge < -0.3 is 25.1 Å². The van der Waals surface area contributed by atoms with Crippen LogP contribution in [-0.4, -0.2) is 58.3 Å². The van der Waals surface area contributed by atoms with Gasteiger partial charge in [-0.3, -0.25) is 0 Å². The molecule has 1 aliphatic heterocycles. The van der Waals surface area contributed by atoms with E-state index in [1.807, 2.05) is 6.20 Å². The van der Waals surface area contributed by atoms with Gasteiger partial charge in [0.1, 0.15) is 17.7 Å². The van der Waals surface area contributed by atoms with Crippen LogP contribution < -0.4 is 5.32 Å². The minimum Gasteiger partial charge on any atom is -0.480 e. The van der Waals surface area contributed by atoms with Gasteiger partial charge in [-0.05, 0) is 65.4 Å². The molecule has 5 aromatic rings. The van der Waals surface area contributed by atoms with Crippen molar-refractivity contribution in [2.75, 3.05) is 7.11 Å². The number of amides is 1.